The van der Waals surface area contributed by atoms with E-state index in [0.717, 1.165) is 23.2 Å². The van der Waals surface area contributed by atoms with Gasteiger partial charge in [-0.2, -0.15) is 5.10 Å². The van der Waals surface area contributed by atoms with Crippen LogP contribution in [0.1, 0.15) is 43.4 Å². The second-order valence-electron chi connectivity index (χ2n) is 6.43. The molecule has 134 valence electrons. The van der Waals surface area contributed by atoms with Crippen molar-refractivity contribution in [1.29, 1.82) is 0 Å². The number of benzene rings is 2. The van der Waals surface area contributed by atoms with Gasteiger partial charge in [-0.3, -0.25) is 4.79 Å². The summed E-state index contributed by atoms with van der Waals surface area (Å²) in [6.45, 7) is 4.11. The summed E-state index contributed by atoms with van der Waals surface area (Å²) < 4.78 is 1.71. The van der Waals surface area contributed by atoms with Crippen LogP contribution in [0.3, 0.4) is 0 Å². The molecule has 0 N–H and O–H groups in total. The molecule has 0 bridgehead atoms. The van der Waals surface area contributed by atoms with Gasteiger partial charge in [0.1, 0.15) is 12.7 Å². The van der Waals surface area contributed by atoms with E-state index in [-0.39, 0.29) is 17.9 Å². The molecule has 2 unspecified atom stereocenters. The highest BCUT2D eigenvalue weighted by Crippen LogP contribution is 2.27. The lowest BCUT2D eigenvalue weighted by molar-refractivity contribution is -0.133. The molecule has 3 rings (SSSR count). The Labute approximate surface area is 154 Å². The van der Waals surface area contributed by atoms with Crippen LogP contribution in [0, 0.1) is 0 Å². The summed E-state index contributed by atoms with van der Waals surface area (Å²) in [7, 11) is 1.88. The topological polar surface area (TPSA) is 51.0 Å². The first kappa shape index (κ1) is 17.9. The van der Waals surface area contributed by atoms with Crippen LogP contribution >= 0.6 is 0 Å². The Morgan fingerprint density at radius 3 is 2.35 bits per heavy atom. The van der Waals surface area contributed by atoms with E-state index in [1.165, 1.54) is 6.33 Å². The van der Waals surface area contributed by atoms with Gasteiger partial charge in [-0.1, -0.05) is 49.4 Å². The molecule has 5 nitrogen and oxygen atoms in total. The molecular weight excluding hydrogens is 324 g/mol. The zero-order chi connectivity index (χ0) is 18.5. The van der Waals surface area contributed by atoms with Crippen molar-refractivity contribution in [2.75, 3.05) is 7.05 Å². The average Bonchev–Trinajstić information content (AvgIpc) is 3.23. The van der Waals surface area contributed by atoms with Gasteiger partial charge in [0.15, 0.2) is 0 Å². The number of aromatic nitrogens is 3. The van der Waals surface area contributed by atoms with Crippen LogP contribution in [-0.4, -0.2) is 32.6 Å². The number of hydrogen-bond acceptors (Lipinski definition) is 3. The molecule has 2 atom stereocenters. The lowest BCUT2D eigenvalue weighted by Crippen LogP contribution is -2.33. The maximum atomic E-state index is 13.0. The number of carbonyl (C=O) groups is 1. The van der Waals surface area contributed by atoms with Crippen molar-refractivity contribution in [1.82, 2.24) is 19.7 Å². The Balaban J connectivity index is 1.76. The van der Waals surface area contributed by atoms with Crippen LogP contribution in [0.2, 0.25) is 0 Å². The molecule has 0 aliphatic carbocycles. The molecule has 0 aliphatic rings. The molecule has 1 amide bonds. The van der Waals surface area contributed by atoms with E-state index in [4.69, 9.17) is 0 Å². The second-order valence-corrected chi connectivity index (χ2v) is 6.43. The van der Waals surface area contributed by atoms with E-state index < -0.39 is 0 Å². The van der Waals surface area contributed by atoms with E-state index in [2.05, 4.69) is 23.9 Å². The second kappa shape index (κ2) is 7.95. The molecular formula is C21H24N4O. The summed E-state index contributed by atoms with van der Waals surface area (Å²) in [6.07, 6.45) is 3.96. The lowest BCUT2D eigenvalue weighted by atomic mass is 9.94. The fraction of sp³-hybridized carbons (Fsp3) is 0.286. The van der Waals surface area contributed by atoms with Crippen molar-refractivity contribution in [3.05, 3.63) is 78.4 Å². The highest BCUT2D eigenvalue weighted by atomic mass is 16.2. The van der Waals surface area contributed by atoms with Crippen LogP contribution in [0.5, 0.6) is 0 Å². The molecule has 26 heavy (non-hydrogen) atoms. The van der Waals surface area contributed by atoms with E-state index in [0.29, 0.717) is 0 Å². The number of hydrogen-bond donors (Lipinski definition) is 0. The summed E-state index contributed by atoms with van der Waals surface area (Å²) in [5.41, 5.74) is 3.11. The van der Waals surface area contributed by atoms with Gasteiger partial charge in [0.05, 0.1) is 17.6 Å². The first-order valence-corrected chi connectivity index (χ1v) is 8.88. The largest absolute Gasteiger partial charge is 0.338 e. The highest BCUT2D eigenvalue weighted by Gasteiger charge is 2.25. The normalized spacial score (nSPS) is 13.2. The Morgan fingerprint density at radius 1 is 1.08 bits per heavy atom. The molecule has 3 aromatic rings. The predicted molar refractivity (Wildman–Crippen MR) is 102 cm³/mol. The van der Waals surface area contributed by atoms with E-state index in [1.54, 1.807) is 11.0 Å². The molecule has 5 heteroatoms. The summed E-state index contributed by atoms with van der Waals surface area (Å²) in [6, 6.07) is 18.0. The number of nitrogens with zero attached hydrogens (tertiary/aromatic N) is 4. The minimum atomic E-state index is -0.113. The van der Waals surface area contributed by atoms with Crippen molar-refractivity contribution in [3.8, 4) is 5.69 Å². The van der Waals surface area contributed by atoms with Gasteiger partial charge in [0, 0.05) is 7.05 Å². The van der Waals surface area contributed by atoms with Gasteiger partial charge >= 0.3 is 0 Å². The van der Waals surface area contributed by atoms with Crippen LogP contribution in [0.15, 0.2) is 67.3 Å². The minimum absolute atomic E-state index is 0.00920. The SMILES string of the molecule is CCC(C(=O)N(C)C(C)c1ccc(-n2cncn2)cc1)c1ccccc1. The maximum absolute atomic E-state index is 13.0. The number of carbonyl (C=O) groups excluding carboxylic acids is 1. The monoisotopic (exact) mass is 348 g/mol. The quantitative estimate of drug-likeness (QED) is 0.677. The molecule has 1 heterocycles. The van der Waals surface area contributed by atoms with Gasteiger partial charge in [0.2, 0.25) is 5.91 Å². The Hall–Kier alpha value is -2.95. The summed E-state index contributed by atoms with van der Waals surface area (Å²) >= 11 is 0. The zero-order valence-electron chi connectivity index (χ0n) is 15.4. The lowest BCUT2D eigenvalue weighted by Gasteiger charge is -2.29. The Kier molecular flexibility index (Phi) is 5.46. The van der Waals surface area contributed by atoms with Crippen molar-refractivity contribution in [2.24, 2.45) is 0 Å². The summed E-state index contributed by atoms with van der Waals surface area (Å²) in [5.74, 6) is 0.0321. The molecule has 0 fully saturated rings. The highest BCUT2D eigenvalue weighted by molar-refractivity contribution is 5.83. The van der Waals surface area contributed by atoms with Crippen LogP contribution < -0.4 is 0 Å². The molecule has 0 saturated heterocycles. The Morgan fingerprint density at radius 2 is 1.77 bits per heavy atom. The maximum Gasteiger partial charge on any atom is 0.230 e. The zero-order valence-corrected chi connectivity index (χ0v) is 15.4. The van der Waals surface area contributed by atoms with Gasteiger partial charge in [-0.15, -0.1) is 0 Å². The number of amides is 1. The molecule has 2 aromatic carbocycles. The average molecular weight is 348 g/mol. The molecule has 0 aliphatic heterocycles. The van der Waals surface area contributed by atoms with Crippen molar-refractivity contribution < 1.29 is 4.79 Å². The molecule has 0 saturated carbocycles. The van der Waals surface area contributed by atoms with Crippen molar-refractivity contribution >= 4 is 5.91 Å². The van der Waals surface area contributed by atoms with Crippen molar-refractivity contribution in [3.63, 3.8) is 0 Å². The molecule has 1 aromatic heterocycles. The number of likely N-dealkylation sites (N-methyl/N-ethyl adjacent to an activating group) is 1. The smallest absolute Gasteiger partial charge is 0.230 e. The van der Waals surface area contributed by atoms with E-state index in [1.807, 2.05) is 66.5 Å². The molecule has 0 spiro atoms. The fourth-order valence-corrected chi connectivity index (χ4v) is 3.15. The molecule has 0 radical (unpaired) electrons. The first-order chi connectivity index (χ1) is 12.6. The van der Waals surface area contributed by atoms with E-state index >= 15 is 0 Å². The summed E-state index contributed by atoms with van der Waals surface area (Å²) in [4.78, 5) is 18.8. The van der Waals surface area contributed by atoms with E-state index in [9.17, 15) is 4.79 Å². The number of rotatable bonds is 6. The minimum Gasteiger partial charge on any atom is -0.338 e. The third kappa shape index (κ3) is 3.67. The van der Waals surface area contributed by atoms with Gasteiger partial charge in [0.25, 0.3) is 0 Å². The van der Waals surface area contributed by atoms with Gasteiger partial charge < -0.3 is 4.90 Å². The standard InChI is InChI=1S/C21H24N4O/c1-4-20(18-8-6-5-7-9-18)21(26)24(3)16(2)17-10-12-19(13-11-17)25-15-22-14-23-25/h5-16,20H,4H2,1-3H3. The van der Waals surface area contributed by atoms with Crippen LogP contribution in [-0.2, 0) is 4.79 Å². The predicted octanol–water partition coefficient (Wildman–Crippen LogP) is 3.98. The third-order valence-corrected chi connectivity index (χ3v) is 4.90. The Bertz CT molecular complexity index is 828. The van der Waals surface area contributed by atoms with Gasteiger partial charge in [-0.25, -0.2) is 9.67 Å². The summed E-state index contributed by atoms with van der Waals surface area (Å²) in [5, 5.41) is 4.13. The van der Waals surface area contributed by atoms with Crippen LogP contribution in [0.25, 0.3) is 5.69 Å². The fourth-order valence-electron chi connectivity index (χ4n) is 3.15. The van der Waals surface area contributed by atoms with Crippen molar-refractivity contribution in [2.45, 2.75) is 32.2 Å². The first-order valence-electron chi connectivity index (χ1n) is 8.88. The van der Waals surface area contributed by atoms with Crippen LogP contribution in [0.4, 0.5) is 0 Å². The van der Waals surface area contributed by atoms with Gasteiger partial charge in [-0.05, 0) is 36.6 Å². The third-order valence-electron chi connectivity index (χ3n) is 4.90.